The summed E-state index contributed by atoms with van der Waals surface area (Å²) in [5.74, 6) is 0.618. The Morgan fingerprint density at radius 2 is 1.25 bits per heavy atom. The van der Waals surface area contributed by atoms with Crippen molar-refractivity contribution in [1.82, 2.24) is 19.4 Å². The maximum atomic E-state index is 14.2. The molecule has 0 spiro atoms. The normalized spacial score (nSPS) is 14.1. The maximum absolute atomic E-state index is 14.2. The van der Waals surface area contributed by atoms with E-state index in [0.29, 0.717) is 55.9 Å². The molecule has 350 valence electrons. The predicted octanol–water partition coefficient (Wildman–Crippen LogP) is 11.0. The van der Waals surface area contributed by atoms with Crippen molar-refractivity contribution in [2.45, 2.75) is 164 Å². The molecule has 2 aromatic heterocycles. The summed E-state index contributed by atoms with van der Waals surface area (Å²) in [4.78, 5) is 69.2. The van der Waals surface area contributed by atoms with Crippen LogP contribution in [0.2, 0.25) is 0 Å². The largest absolute Gasteiger partial charge is 0.509 e. The molecule has 0 aliphatic carbocycles. The number of carbonyl (C=O) groups excluding carboxylic acids is 4. The number of pyridine rings is 1. The van der Waals surface area contributed by atoms with Gasteiger partial charge in [-0.1, -0.05) is 37.6 Å². The van der Waals surface area contributed by atoms with Gasteiger partial charge in [0.05, 0.1) is 17.6 Å². The van der Waals surface area contributed by atoms with Crippen LogP contribution in [0.25, 0.3) is 21.9 Å². The maximum Gasteiger partial charge on any atom is 0.509 e. The van der Waals surface area contributed by atoms with Gasteiger partial charge < -0.3 is 38.1 Å². The van der Waals surface area contributed by atoms with Gasteiger partial charge in [-0.15, -0.1) is 0 Å². The lowest BCUT2D eigenvalue weighted by Crippen LogP contribution is -2.50. The van der Waals surface area contributed by atoms with Gasteiger partial charge in [-0.05, 0) is 139 Å². The molecule has 3 amide bonds. The molecule has 0 radical (unpaired) electrons. The zero-order chi connectivity index (χ0) is 47.6. The van der Waals surface area contributed by atoms with Crippen molar-refractivity contribution >= 4 is 57.9 Å². The third-order valence-electron chi connectivity index (χ3n) is 9.82. The lowest BCUT2D eigenvalue weighted by Gasteiger charge is -2.36. The van der Waals surface area contributed by atoms with Crippen molar-refractivity contribution in [3.63, 3.8) is 0 Å². The number of nitrogens with zero attached hydrogens (tertiary/aromatic N) is 6. The molecular weight excluding hydrogens is 817 g/mol. The monoisotopic (exact) mass is 887 g/mol. The smallest absolute Gasteiger partial charge is 0.444 e. The van der Waals surface area contributed by atoms with Crippen LogP contribution < -0.4 is 9.80 Å². The van der Waals surface area contributed by atoms with E-state index in [2.05, 4.69) is 30.0 Å². The zero-order valence-electron chi connectivity index (χ0n) is 40.8. The Balaban J connectivity index is 1.63. The van der Waals surface area contributed by atoms with Crippen LogP contribution in [0, 0.1) is 0 Å². The molecule has 5 rings (SSSR count). The van der Waals surface area contributed by atoms with E-state index >= 15 is 0 Å². The summed E-state index contributed by atoms with van der Waals surface area (Å²) in [6.45, 7) is 29.5. The summed E-state index contributed by atoms with van der Waals surface area (Å²) in [5, 5.41) is 0.718. The van der Waals surface area contributed by atoms with E-state index in [-0.39, 0.29) is 24.0 Å². The highest BCUT2D eigenvalue weighted by Crippen LogP contribution is 2.36. The van der Waals surface area contributed by atoms with Crippen LogP contribution in [-0.2, 0) is 43.1 Å². The van der Waals surface area contributed by atoms with Crippen molar-refractivity contribution in [1.29, 1.82) is 0 Å². The number of anilines is 2. The summed E-state index contributed by atoms with van der Waals surface area (Å²) in [5.41, 5.74) is 0.101. The van der Waals surface area contributed by atoms with Crippen LogP contribution in [-0.4, -0.2) is 98.1 Å². The van der Waals surface area contributed by atoms with Gasteiger partial charge in [0.15, 0.2) is 5.82 Å². The number of unbranched alkanes of at least 4 members (excludes halogenated alkanes) is 1. The first-order chi connectivity index (χ1) is 29.5. The number of aromatic nitrogens is 3. The van der Waals surface area contributed by atoms with Gasteiger partial charge in [0.2, 0.25) is 0 Å². The van der Waals surface area contributed by atoms with Crippen LogP contribution >= 0.6 is 0 Å². The number of imidazole rings is 1. The minimum atomic E-state index is -1.09. The van der Waals surface area contributed by atoms with Crippen LogP contribution in [0.4, 0.5) is 30.7 Å². The van der Waals surface area contributed by atoms with Gasteiger partial charge in [-0.25, -0.2) is 29.1 Å². The first-order valence-electron chi connectivity index (χ1n) is 22.3. The molecule has 3 heterocycles. The molecular formula is C49H70N6O9. The number of ether oxygens (including phenoxy) is 5. The summed E-state index contributed by atoms with van der Waals surface area (Å²) in [6.07, 6.45) is -0.259. The van der Waals surface area contributed by atoms with Gasteiger partial charge in [0, 0.05) is 43.7 Å². The lowest BCUT2D eigenvalue weighted by molar-refractivity contribution is -0.0582. The van der Waals surface area contributed by atoms with E-state index in [1.54, 1.807) is 81.1 Å². The zero-order valence-corrected chi connectivity index (χ0v) is 40.8. The molecule has 1 aliphatic heterocycles. The SMILES string of the molecule is CCCCc1nc2c(N(C(=O)OC(C)(C)C)C(=O)OC(C)(C)C)nc3cc(Cc4cccc(N5CCN(C(=O)OC(C)(C)C)CC5)c4)ccc3c2n1CC(C)(C)OC(=O)OC(C)(C)C. The average Bonchev–Trinajstić information content (AvgIpc) is 3.48. The minimum Gasteiger partial charge on any atom is -0.444 e. The number of carbonyl (C=O) groups is 4. The molecule has 1 aliphatic rings. The first-order valence-corrected chi connectivity index (χ1v) is 22.3. The van der Waals surface area contributed by atoms with Gasteiger partial charge >= 0.3 is 24.4 Å². The van der Waals surface area contributed by atoms with E-state index in [4.69, 9.17) is 33.7 Å². The fourth-order valence-electron chi connectivity index (χ4n) is 7.27. The quantitative estimate of drug-likeness (QED) is 0.110. The number of imide groups is 1. The molecule has 0 saturated carbocycles. The van der Waals surface area contributed by atoms with E-state index < -0.39 is 46.3 Å². The number of amides is 3. The summed E-state index contributed by atoms with van der Waals surface area (Å²) < 4.78 is 30.7. The molecule has 15 heteroatoms. The standard InChI is InChI=1S/C49H70N6O9/c1-16-17-21-37-51-38-39(54(37)31-49(14,15)64-44(59)63-48(11,12)13)35-23-22-33(30-36(35)50-40(38)55(42(57)61-46(5,6)7)43(58)62-47(8,9)10)28-32-19-18-20-34(29-32)52-24-26-53(27-25-52)41(56)60-45(2,3)4/h18-20,22-23,29-30H,16-17,21,24-28,31H2,1-15H3. The van der Waals surface area contributed by atoms with Crippen LogP contribution in [0.3, 0.4) is 0 Å². The number of benzene rings is 2. The Kier molecular flexibility index (Phi) is 14.6. The van der Waals surface area contributed by atoms with Gasteiger partial charge in [-0.3, -0.25) is 0 Å². The Morgan fingerprint density at radius 3 is 1.81 bits per heavy atom. The van der Waals surface area contributed by atoms with Crippen LogP contribution in [0.15, 0.2) is 42.5 Å². The number of fused-ring (bicyclic) bond motifs is 3. The Hall–Kier alpha value is -5.60. The molecule has 2 aromatic carbocycles. The number of aryl methyl sites for hydroxylation is 1. The van der Waals surface area contributed by atoms with Crippen LogP contribution in [0.1, 0.15) is 134 Å². The fourth-order valence-corrected chi connectivity index (χ4v) is 7.27. The van der Waals surface area contributed by atoms with Crippen molar-refractivity contribution in [3.05, 3.63) is 59.4 Å². The molecule has 0 bridgehead atoms. The summed E-state index contributed by atoms with van der Waals surface area (Å²) in [7, 11) is 0. The van der Waals surface area contributed by atoms with Gasteiger partial charge in [0.1, 0.15) is 39.3 Å². The Morgan fingerprint density at radius 1 is 0.672 bits per heavy atom. The van der Waals surface area contributed by atoms with Gasteiger partial charge in [-0.2, -0.15) is 4.90 Å². The molecule has 1 fully saturated rings. The lowest BCUT2D eigenvalue weighted by atomic mass is 10.0. The van der Waals surface area contributed by atoms with E-state index in [1.807, 2.05) is 49.6 Å². The third kappa shape index (κ3) is 13.5. The molecule has 0 atom stereocenters. The second kappa shape index (κ2) is 18.9. The average molecular weight is 887 g/mol. The number of rotatable bonds is 10. The topological polar surface area (TPSA) is 155 Å². The molecule has 0 N–H and O–H groups in total. The number of piperazine rings is 1. The van der Waals surface area contributed by atoms with Crippen molar-refractivity contribution in [3.8, 4) is 0 Å². The fraction of sp³-hybridized carbons (Fsp3) is 0.592. The van der Waals surface area contributed by atoms with E-state index in [1.165, 1.54) is 0 Å². The number of hydrogen-bond donors (Lipinski definition) is 0. The summed E-state index contributed by atoms with van der Waals surface area (Å²) in [6, 6.07) is 14.3. The minimum absolute atomic E-state index is 0.0435. The Labute approximate surface area is 378 Å². The summed E-state index contributed by atoms with van der Waals surface area (Å²) >= 11 is 0. The second-order valence-corrected chi connectivity index (χ2v) is 21.1. The Bertz CT molecular complexity index is 2310. The molecule has 15 nitrogen and oxygen atoms in total. The number of hydrogen-bond acceptors (Lipinski definition) is 12. The van der Waals surface area contributed by atoms with Crippen molar-refractivity contribution in [2.75, 3.05) is 36.0 Å². The molecule has 64 heavy (non-hydrogen) atoms. The van der Waals surface area contributed by atoms with E-state index in [0.717, 1.165) is 39.9 Å². The third-order valence-corrected chi connectivity index (χ3v) is 9.82. The van der Waals surface area contributed by atoms with Gasteiger partial charge in [0.25, 0.3) is 0 Å². The predicted molar refractivity (Wildman–Crippen MR) is 249 cm³/mol. The molecule has 0 unspecified atom stereocenters. The second-order valence-electron chi connectivity index (χ2n) is 21.1. The van der Waals surface area contributed by atoms with Crippen molar-refractivity contribution < 1.29 is 42.9 Å². The molecule has 4 aromatic rings. The highest BCUT2D eigenvalue weighted by atomic mass is 16.7. The molecule has 1 saturated heterocycles. The highest BCUT2D eigenvalue weighted by molar-refractivity contribution is 6.17. The van der Waals surface area contributed by atoms with Crippen LogP contribution in [0.5, 0.6) is 0 Å². The van der Waals surface area contributed by atoms with E-state index in [9.17, 15) is 19.2 Å². The highest BCUT2D eigenvalue weighted by Gasteiger charge is 2.38. The first kappa shape index (κ1) is 49.4. The van der Waals surface area contributed by atoms with Crippen molar-refractivity contribution in [2.24, 2.45) is 0 Å².